The fourth-order valence-corrected chi connectivity index (χ4v) is 2.94. The number of aryl methyl sites for hydroxylation is 1. The van der Waals surface area contributed by atoms with Gasteiger partial charge in [0.05, 0.1) is 11.6 Å². The van der Waals surface area contributed by atoms with E-state index in [-0.39, 0.29) is 24.8 Å². The molecule has 0 aromatic carbocycles. The average molecular weight is 275 g/mol. The number of aromatic nitrogens is 2. The van der Waals surface area contributed by atoms with Gasteiger partial charge in [0.15, 0.2) is 0 Å². The Bertz CT molecular complexity index is 406. The highest BCUT2D eigenvalue weighted by atomic mass is 19.4. The van der Waals surface area contributed by atoms with E-state index in [2.05, 4.69) is 5.10 Å². The third-order valence-corrected chi connectivity index (χ3v) is 4.13. The lowest BCUT2D eigenvalue weighted by Crippen LogP contribution is -2.32. The zero-order chi connectivity index (χ0) is 14.0. The molecular formula is C13H20F3N3. The topological polar surface area (TPSA) is 43.8 Å². The molecule has 2 rings (SSSR count). The number of hydrogen-bond acceptors (Lipinski definition) is 2. The van der Waals surface area contributed by atoms with E-state index in [4.69, 9.17) is 5.73 Å². The molecule has 0 aliphatic heterocycles. The molecule has 1 heterocycles. The van der Waals surface area contributed by atoms with E-state index >= 15 is 0 Å². The third kappa shape index (κ3) is 3.11. The summed E-state index contributed by atoms with van der Waals surface area (Å²) in [6, 6.07) is 1.65. The van der Waals surface area contributed by atoms with Gasteiger partial charge in [-0.1, -0.05) is 0 Å². The molecule has 0 radical (unpaired) electrons. The van der Waals surface area contributed by atoms with E-state index in [0.29, 0.717) is 12.8 Å². The largest absolute Gasteiger partial charge is 0.391 e. The van der Waals surface area contributed by atoms with Crippen molar-refractivity contribution in [1.29, 1.82) is 0 Å². The summed E-state index contributed by atoms with van der Waals surface area (Å²) in [5, 5.41) is 4.16. The van der Waals surface area contributed by atoms with E-state index in [9.17, 15) is 13.2 Å². The van der Waals surface area contributed by atoms with Gasteiger partial charge in [-0.3, -0.25) is 4.68 Å². The monoisotopic (exact) mass is 275 g/mol. The summed E-state index contributed by atoms with van der Waals surface area (Å²) in [6.07, 6.45) is -0.884. The number of rotatable bonds is 3. The minimum Gasteiger partial charge on any atom is -0.322 e. The fourth-order valence-electron chi connectivity index (χ4n) is 2.94. The summed E-state index contributed by atoms with van der Waals surface area (Å²) in [7, 11) is 0. The van der Waals surface area contributed by atoms with Crippen LogP contribution in [0.2, 0.25) is 0 Å². The van der Waals surface area contributed by atoms with Crippen LogP contribution in [0.25, 0.3) is 0 Å². The lowest BCUT2D eigenvalue weighted by Gasteiger charge is -2.33. The van der Waals surface area contributed by atoms with Gasteiger partial charge in [0.1, 0.15) is 0 Å². The van der Waals surface area contributed by atoms with Gasteiger partial charge >= 0.3 is 6.18 Å². The van der Waals surface area contributed by atoms with E-state index in [1.54, 1.807) is 6.20 Å². The first-order chi connectivity index (χ1) is 8.93. The lowest BCUT2D eigenvalue weighted by atomic mass is 9.77. The highest BCUT2D eigenvalue weighted by Gasteiger charge is 2.42. The lowest BCUT2D eigenvalue weighted by molar-refractivity contribution is -0.184. The van der Waals surface area contributed by atoms with Crippen LogP contribution in [0.5, 0.6) is 0 Å². The molecule has 0 spiro atoms. The van der Waals surface area contributed by atoms with E-state index in [1.165, 1.54) is 0 Å². The van der Waals surface area contributed by atoms with Crippen LogP contribution in [0.4, 0.5) is 13.2 Å². The first-order valence-corrected chi connectivity index (χ1v) is 6.77. The second-order valence-electron chi connectivity index (χ2n) is 5.25. The summed E-state index contributed by atoms with van der Waals surface area (Å²) in [5.41, 5.74) is 7.13. The van der Waals surface area contributed by atoms with Gasteiger partial charge in [-0.25, -0.2) is 0 Å². The Morgan fingerprint density at radius 2 is 2.00 bits per heavy atom. The molecule has 1 unspecified atom stereocenters. The zero-order valence-electron chi connectivity index (χ0n) is 11.0. The molecule has 6 heteroatoms. The van der Waals surface area contributed by atoms with Gasteiger partial charge in [-0.15, -0.1) is 0 Å². The summed E-state index contributed by atoms with van der Waals surface area (Å²) in [6.45, 7) is 2.71. The second-order valence-corrected chi connectivity index (χ2v) is 5.25. The van der Waals surface area contributed by atoms with Crippen LogP contribution >= 0.6 is 0 Å². The van der Waals surface area contributed by atoms with Gasteiger partial charge in [0, 0.05) is 18.8 Å². The summed E-state index contributed by atoms with van der Waals surface area (Å²) >= 11 is 0. The van der Waals surface area contributed by atoms with Crippen LogP contribution in [-0.4, -0.2) is 16.0 Å². The van der Waals surface area contributed by atoms with Crippen molar-refractivity contribution in [1.82, 2.24) is 9.78 Å². The molecule has 1 aliphatic rings. The van der Waals surface area contributed by atoms with E-state index in [1.807, 2.05) is 17.7 Å². The molecule has 0 saturated heterocycles. The maximum atomic E-state index is 12.6. The van der Waals surface area contributed by atoms with Crippen molar-refractivity contribution in [2.24, 2.45) is 17.6 Å². The standard InChI is InChI=1S/C13H20F3N3/c1-2-19-11(7-8-18-19)12(17)9-3-5-10(6-4-9)13(14,15)16/h7-10,12H,2-6,17H2,1H3. The Morgan fingerprint density at radius 1 is 1.37 bits per heavy atom. The number of halogens is 3. The highest BCUT2D eigenvalue weighted by molar-refractivity contribution is 5.08. The van der Waals surface area contributed by atoms with Gasteiger partial charge in [0.2, 0.25) is 0 Å². The Labute approximate surface area is 111 Å². The molecular weight excluding hydrogens is 255 g/mol. The first kappa shape index (κ1) is 14.4. The molecule has 2 N–H and O–H groups in total. The zero-order valence-corrected chi connectivity index (χ0v) is 11.0. The van der Waals surface area contributed by atoms with E-state index in [0.717, 1.165) is 12.2 Å². The maximum Gasteiger partial charge on any atom is 0.391 e. The number of alkyl halides is 3. The van der Waals surface area contributed by atoms with Crippen LogP contribution < -0.4 is 5.73 Å². The SMILES string of the molecule is CCn1nccc1C(N)C1CCC(C(F)(F)F)CC1. The summed E-state index contributed by atoms with van der Waals surface area (Å²) in [5.74, 6) is -1.02. The summed E-state index contributed by atoms with van der Waals surface area (Å²) in [4.78, 5) is 0. The molecule has 1 saturated carbocycles. The fraction of sp³-hybridized carbons (Fsp3) is 0.769. The summed E-state index contributed by atoms with van der Waals surface area (Å²) < 4.78 is 39.7. The highest BCUT2D eigenvalue weighted by Crippen LogP contribution is 2.42. The van der Waals surface area contributed by atoms with Crippen molar-refractivity contribution < 1.29 is 13.2 Å². The van der Waals surface area contributed by atoms with Crippen molar-refractivity contribution in [2.45, 2.75) is 51.4 Å². The first-order valence-electron chi connectivity index (χ1n) is 6.77. The molecule has 1 aromatic rings. The van der Waals surface area contributed by atoms with Crippen molar-refractivity contribution in [3.8, 4) is 0 Å². The normalized spacial score (nSPS) is 26.4. The minimum atomic E-state index is -4.06. The second kappa shape index (κ2) is 5.53. The molecule has 1 atom stereocenters. The Balaban J connectivity index is 1.98. The number of hydrogen-bond donors (Lipinski definition) is 1. The molecule has 1 aromatic heterocycles. The van der Waals surface area contributed by atoms with Gasteiger partial charge in [-0.05, 0) is 44.6 Å². The van der Waals surface area contributed by atoms with Crippen LogP contribution in [0.15, 0.2) is 12.3 Å². The Morgan fingerprint density at radius 3 is 2.53 bits per heavy atom. The van der Waals surface area contributed by atoms with Crippen molar-refractivity contribution in [3.05, 3.63) is 18.0 Å². The van der Waals surface area contributed by atoms with Crippen LogP contribution in [0.1, 0.15) is 44.3 Å². The van der Waals surface area contributed by atoms with Crippen molar-refractivity contribution in [2.75, 3.05) is 0 Å². The van der Waals surface area contributed by atoms with Gasteiger partial charge in [0.25, 0.3) is 0 Å². The molecule has 1 aliphatic carbocycles. The van der Waals surface area contributed by atoms with Crippen molar-refractivity contribution >= 4 is 0 Å². The minimum absolute atomic E-state index is 0.126. The molecule has 108 valence electrons. The smallest absolute Gasteiger partial charge is 0.322 e. The Hall–Kier alpha value is -1.04. The maximum absolute atomic E-state index is 12.6. The van der Waals surface area contributed by atoms with E-state index < -0.39 is 12.1 Å². The predicted molar refractivity (Wildman–Crippen MR) is 66.3 cm³/mol. The van der Waals surface area contributed by atoms with Gasteiger partial charge in [-0.2, -0.15) is 18.3 Å². The molecule has 0 amide bonds. The van der Waals surface area contributed by atoms with Gasteiger partial charge < -0.3 is 5.73 Å². The van der Waals surface area contributed by atoms with Crippen LogP contribution in [0.3, 0.4) is 0 Å². The Kier molecular flexibility index (Phi) is 4.18. The molecule has 3 nitrogen and oxygen atoms in total. The van der Waals surface area contributed by atoms with Crippen LogP contribution in [0, 0.1) is 11.8 Å². The predicted octanol–water partition coefficient (Wildman–Crippen LogP) is 3.27. The van der Waals surface area contributed by atoms with Crippen LogP contribution in [-0.2, 0) is 6.54 Å². The third-order valence-electron chi connectivity index (χ3n) is 4.13. The number of nitrogens with two attached hydrogens (primary N) is 1. The molecule has 0 bridgehead atoms. The van der Waals surface area contributed by atoms with Crippen molar-refractivity contribution in [3.63, 3.8) is 0 Å². The average Bonchev–Trinajstić information content (AvgIpc) is 2.85. The molecule has 19 heavy (non-hydrogen) atoms. The number of nitrogens with zero attached hydrogens (tertiary/aromatic N) is 2. The molecule has 1 fully saturated rings. The quantitative estimate of drug-likeness (QED) is 0.920.